The predicted molar refractivity (Wildman–Crippen MR) is 241 cm³/mol. The lowest BCUT2D eigenvalue weighted by atomic mass is 9.92. The molecular formula is C49H54FN9O6. The van der Waals surface area contributed by atoms with Crippen LogP contribution in [0.15, 0.2) is 66.9 Å². The zero-order valence-corrected chi connectivity index (χ0v) is 36.8. The van der Waals surface area contributed by atoms with Gasteiger partial charge in [-0.15, -0.1) is 0 Å². The molecule has 5 heterocycles. The monoisotopic (exact) mass is 883 g/mol. The number of pyridine rings is 1. The number of nitrogens with one attached hydrogen (secondary N) is 2. The van der Waals surface area contributed by atoms with Crippen LogP contribution < -0.4 is 25.2 Å². The molecule has 1 unspecified atom stereocenters. The van der Waals surface area contributed by atoms with Crippen molar-refractivity contribution in [3.05, 3.63) is 94.9 Å². The van der Waals surface area contributed by atoms with Crippen LogP contribution in [0.1, 0.15) is 88.0 Å². The molecule has 338 valence electrons. The minimum Gasteiger partial charge on any atom is -0.490 e. The second kappa shape index (κ2) is 18.6. The molecule has 2 N–H and O–H groups in total. The summed E-state index contributed by atoms with van der Waals surface area (Å²) in [5.74, 6) is -1.62. The molecule has 2 atom stereocenters. The standard InChI is InChI=1S/C49H54FN9O6/c1-55(2)28-35-29-58(34-9-12-37-39(25-34)49(64)59(48(37)63)42-14-16-44(60)54-47(42)62)23-22-57(35)27-30-17-20-56(21-18-30)41-13-5-31(24-40(41)50)46(61)53-33-7-10-36(11-8-33)65-43-15-6-32(26-51)45-38(43)4-3-19-52-45/h3-6,9,12-13,15,19,24-25,30,33,35-36,42H,7-8,10-11,14,16-18,20-23,27-29H2,1-2H3,(H,53,61)(H,54,60,62)/t33?,35-,36?,42?/m0/s1. The van der Waals surface area contributed by atoms with Gasteiger partial charge in [0.05, 0.1) is 34.0 Å². The minimum atomic E-state index is -1.01. The average Bonchev–Trinajstić information content (AvgIpc) is 3.55. The van der Waals surface area contributed by atoms with Crippen molar-refractivity contribution in [1.82, 2.24) is 30.3 Å². The number of nitriles is 1. The van der Waals surface area contributed by atoms with E-state index in [0.29, 0.717) is 47.1 Å². The fourth-order valence-corrected chi connectivity index (χ4v) is 10.3. The van der Waals surface area contributed by atoms with Crippen molar-refractivity contribution < 1.29 is 33.1 Å². The Balaban J connectivity index is 0.753. The van der Waals surface area contributed by atoms with E-state index in [4.69, 9.17) is 4.74 Å². The van der Waals surface area contributed by atoms with Gasteiger partial charge in [-0.05, 0) is 126 Å². The van der Waals surface area contributed by atoms with Crippen LogP contribution in [0.5, 0.6) is 5.75 Å². The number of aromatic nitrogens is 1. The SMILES string of the molecule is CN(C)C[C@H]1CN(c2ccc3c(c2)C(=O)N(C2CCC(=O)NC2=O)C3=O)CCN1CC1CCN(c2ccc(C(=O)NC3CCC(Oc4ccc(C#N)c5ncccc45)CC3)cc2F)CC1. The molecule has 4 fully saturated rings. The molecule has 1 aliphatic carbocycles. The van der Waals surface area contributed by atoms with E-state index in [0.717, 1.165) is 87.2 Å². The molecule has 4 aromatic rings. The number of benzene rings is 3. The number of carbonyl (C=O) groups excluding carboxylic acids is 5. The Morgan fingerprint density at radius 2 is 1.69 bits per heavy atom. The number of ether oxygens (including phenoxy) is 1. The summed E-state index contributed by atoms with van der Waals surface area (Å²) in [5, 5.41) is 15.6. The van der Waals surface area contributed by atoms with Gasteiger partial charge in [0.25, 0.3) is 17.7 Å². The molecule has 16 heteroatoms. The van der Waals surface area contributed by atoms with Crippen molar-refractivity contribution >= 4 is 51.8 Å². The van der Waals surface area contributed by atoms with E-state index >= 15 is 4.39 Å². The summed E-state index contributed by atoms with van der Waals surface area (Å²) in [4.78, 5) is 78.8. The van der Waals surface area contributed by atoms with Crippen LogP contribution in [0.3, 0.4) is 0 Å². The number of halogens is 1. The molecule has 0 spiro atoms. The van der Waals surface area contributed by atoms with E-state index in [9.17, 15) is 29.2 Å². The van der Waals surface area contributed by atoms with Crippen molar-refractivity contribution in [3.8, 4) is 11.8 Å². The fraction of sp³-hybridized carbons (Fsp3) is 0.449. The number of likely N-dealkylation sites (N-methyl/N-ethyl adjacent to an activating group) is 1. The van der Waals surface area contributed by atoms with Gasteiger partial charge in [0.2, 0.25) is 11.8 Å². The highest BCUT2D eigenvalue weighted by Crippen LogP contribution is 2.34. The summed E-state index contributed by atoms with van der Waals surface area (Å²) in [5.41, 5.74) is 3.33. The zero-order chi connectivity index (χ0) is 45.4. The summed E-state index contributed by atoms with van der Waals surface area (Å²) in [7, 11) is 4.12. The lowest BCUT2D eigenvalue weighted by Gasteiger charge is -2.45. The first-order valence-corrected chi connectivity index (χ1v) is 22.7. The van der Waals surface area contributed by atoms with E-state index in [2.05, 4.69) is 55.4 Å². The maximum atomic E-state index is 15.7. The van der Waals surface area contributed by atoms with Crippen LogP contribution in [0, 0.1) is 23.1 Å². The molecule has 0 radical (unpaired) electrons. The van der Waals surface area contributed by atoms with E-state index in [1.807, 2.05) is 24.3 Å². The summed E-state index contributed by atoms with van der Waals surface area (Å²) in [6.45, 7) is 5.44. The van der Waals surface area contributed by atoms with Gasteiger partial charge >= 0.3 is 0 Å². The third-order valence-corrected chi connectivity index (χ3v) is 13.8. The number of imide groups is 2. The molecule has 1 aromatic heterocycles. The molecule has 5 amide bonds. The molecule has 9 rings (SSSR count). The highest BCUT2D eigenvalue weighted by atomic mass is 19.1. The number of amides is 5. The molecular weight excluding hydrogens is 830 g/mol. The highest BCUT2D eigenvalue weighted by molar-refractivity contribution is 6.23. The number of piperazine rings is 1. The van der Waals surface area contributed by atoms with E-state index in [-0.39, 0.29) is 48.1 Å². The van der Waals surface area contributed by atoms with Crippen LogP contribution in [-0.4, -0.2) is 133 Å². The van der Waals surface area contributed by atoms with Crippen LogP contribution in [0.4, 0.5) is 15.8 Å². The summed E-state index contributed by atoms with van der Waals surface area (Å²) in [6.07, 6.45) is 6.61. The maximum Gasteiger partial charge on any atom is 0.262 e. The van der Waals surface area contributed by atoms with Gasteiger partial charge < -0.3 is 24.8 Å². The van der Waals surface area contributed by atoms with Gasteiger partial charge in [0, 0.05) is 87.2 Å². The quantitative estimate of drug-likeness (QED) is 0.199. The minimum absolute atomic E-state index is 0.0285. The first-order valence-electron chi connectivity index (χ1n) is 22.7. The van der Waals surface area contributed by atoms with Gasteiger partial charge in [0.1, 0.15) is 23.7 Å². The lowest BCUT2D eigenvalue weighted by molar-refractivity contribution is -0.136. The topological polar surface area (TPSA) is 172 Å². The normalized spacial score (nSPS) is 23.2. The first-order chi connectivity index (χ1) is 31.4. The first kappa shape index (κ1) is 43.8. The highest BCUT2D eigenvalue weighted by Gasteiger charge is 2.45. The maximum absolute atomic E-state index is 15.7. The van der Waals surface area contributed by atoms with Crippen molar-refractivity contribution in [2.75, 3.05) is 69.7 Å². The predicted octanol–water partition coefficient (Wildman–Crippen LogP) is 4.74. The third kappa shape index (κ3) is 9.12. The second-order valence-electron chi connectivity index (χ2n) is 18.3. The van der Waals surface area contributed by atoms with Crippen molar-refractivity contribution in [2.24, 2.45) is 5.92 Å². The molecule has 15 nitrogen and oxygen atoms in total. The molecule has 0 bridgehead atoms. The summed E-state index contributed by atoms with van der Waals surface area (Å²) >= 11 is 0. The lowest BCUT2D eigenvalue weighted by Crippen LogP contribution is -2.58. The number of nitrogens with zero attached hydrogens (tertiary/aromatic N) is 7. The Morgan fingerprint density at radius 1 is 0.908 bits per heavy atom. The van der Waals surface area contributed by atoms with Gasteiger partial charge in [-0.3, -0.25) is 44.1 Å². The average molecular weight is 884 g/mol. The Morgan fingerprint density at radius 3 is 2.43 bits per heavy atom. The largest absolute Gasteiger partial charge is 0.490 e. The fourth-order valence-electron chi connectivity index (χ4n) is 10.3. The van der Waals surface area contributed by atoms with Gasteiger partial charge in [-0.2, -0.15) is 5.26 Å². The molecule has 1 saturated carbocycles. The molecule has 5 aliphatic rings. The van der Waals surface area contributed by atoms with E-state index in [1.54, 1.807) is 36.5 Å². The number of hydrogen-bond acceptors (Lipinski definition) is 12. The molecule has 3 saturated heterocycles. The zero-order valence-electron chi connectivity index (χ0n) is 36.8. The van der Waals surface area contributed by atoms with Crippen LogP contribution in [0.2, 0.25) is 0 Å². The summed E-state index contributed by atoms with van der Waals surface area (Å²) < 4.78 is 22.1. The number of carbonyl (C=O) groups is 5. The van der Waals surface area contributed by atoms with Gasteiger partial charge in [0.15, 0.2) is 0 Å². The second-order valence-corrected chi connectivity index (χ2v) is 18.3. The molecule has 65 heavy (non-hydrogen) atoms. The van der Waals surface area contributed by atoms with Crippen molar-refractivity contribution in [2.45, 2.75) is 75.6 Å². The Labute approximate surface area is 377 Å². The summed E-state index contributed by atoms with van der Waals surface area (Å²) in [6, 6.07) is 18.7. The Kier molecular flexibility index (Phi) is 12.5. The van der Waals surface area contributed by atoms with E-state index < -0.39 is 35.5 Å². The van der Waals surface area contributed by atoms with Crippen LogP contribution >= 0.6 is 0 Å². The van der Waals surface area contributed by atoms with E-state index in [1.165, 1.54) is 6.07 Å². The Hall–Kier alpha value is -6.44. The van der Waals surface area contributed by atoms with Gasteiger partial charge in [-0.25, -0.2) is 4.39 Å². The Bertz CT molecular complexity index is 2560. The van der Waals surface area contributed by atoms with Crippen LogP contribution in [-0.2, 0) is 9.59 Å². The number of fused-ring (bicyclic) bond motifs is 2. The van der Waals surface area contributed by atoms with Gasteiger partial charge in [-0.1, -0.05) is 0 Å². The van der Waals surface area contributed by atoms with Crippen LogP contribution in [0.25, 0.3) is 10.9 Å². The molecule has 4 aliphatic heterocycles. The molecule has 3 aromatic carbocycles. The smallest absolute Gasteiger partial charge is 0.262 e. The number of piperidine rings is 2. The van der Waals surface area contributed by atoms with Crippen molar-refractivity contribution in [3.63, 3.8) is 0 Å². The number of hydrogen-bond donors (Lipinski definition) is 2. The number of anilines is 2. The number of rotatable bonds is 11. The van der Waals surface area contributed by atoms with Crippen molar-refractivity contribution in [1.29, 1.82) is 5.26 Å². The third-order valence-electron chi connectivity index (χ3n) is 13.8.